The van der Waals surface area contributed by atoms with Gasteiger partial charge in [-0.25, -0.2) is 13.8 Å². The van der Waals surface area contributed by atoms with Gasteiger partial charge in [0.25, 0.3) is 5.91 Å². The molecule has 0 aliphatic heterocycles. The average Bonchev–Trinajstić information content (AvgIpc) is 3.07. The Labute approximate surface area is 122 Å². The van der Waals surface area contributed by atoms with Crippen LogP contribution in [0.2, 0.25) is 0 Å². The van der Waals surface area contributed by atoms with Gasteiger partial charge in [0, 0.05) is 0 Å². The van der Waals surface area contributed by atoms with Crippen molar-refractivity contribution >= 4 is 17.2 Å². The molecule has 3 rings (SSSR count). The van der Waals surface area contributed by atoms with Gasteiger partial charge in [-0.05, 0) is 23.6 Å². The maximum atomic E-state index is 13.8. The molecule has 0 aliphatic rings. The molecule has 2 aromatic heterocycles. The fourth-order valence-corrected chi connectivity index (χ4v) is 2.72. The first-order valence-corrected chi connectivity index (χ1v) is 6.84. The number of primary amides is 1. The number of nitrogens with two attached hydrogens (primary N) is 1. The molecule has 0 atom stereocenters. The lowest BCUT2D eigenvalue weighted by Gasteiger charge is -2.00. The van der Waals surface area contributed by atoms with Crippen molar-refractivity contribution in [2.45, 2.75) is 0 Å². The van der Waals surface area contributed by atoms with Gasteiger partial charge in [0.2, 0.25) is 0 Å². The van der Waals surface area contributed by atoms with E-state index in [2.05, 4.69) is 9.97 Å². The van der Waals surface area contributed by atoms with E-state index in [9.17, 15) is 13.6 Å². The molecule has 7 heteroatoms. The summed E-state index contributed by atoms with van der Waals surface area (Å²) in [5.41, 5.74) is 5.28. The van der Waals surface area contributed by atoms with Gasteiger partial charge in [0.1, 0.15) is 17.5 Å². The van der Waals surface area contributed by atoms with Crippen LogP contribution < -0.4 is 5.73 Å². The molecule has 3 N–H and O–H groups in total. The monoisotopic (exact) mass is 305 g/mol. The zero-order valence-electron chi connectivity index (χ0n) is 10.6. The molecule has 0 spiro atoms. The standard InChI is InChI=1S/C14H9F2N3OS/c15-7-3-1-4-8(16)10(7)14-18-11(9-5-2-6-21-9)12(19-14)13(17)20/h1-6H,(H2,17,20)(H,18,19). The van der Waals surface area contributed by atoms with Crippen LogP contribution in [-0.2, 0) is 0 Å². The van der Waals surface area contributed by atoms with Gasteiger partial charge in [-0.15, -0.1) is 11.3 Å². The van der Waals surface area contributed by atoms with E-state index in [4.69, 9.17) is 5.73 Å². The van der Waals surface area contributed by atoms with Crippen molar-refractivity contribution in [3.05, 3.63) is 53.0 Å². The number of aromatic amines is 1. The highest BCUT2D eigenvalue weighted by Gasteiger charge is 2.21. The summed E-state index contributed by atoms with van der Waals surface area (Å²) in [6, 6.07) is 7.04. The van der Waals surface area contributed by atoms with Crippen molar-refractivity contribution in [3.8, 4) is 22.0 Å². The normalized spacial score (nSPS) is 10.8. The summed E-state index contributed by atoms with van der Waals surface area (Å²) in [6.07, 6.45) is 0. The van der Waals surface area contributed by atoms with Crippen molar-refractivity contribution in [1.29, 1.82) is 0 Å². The third kappa shape index (κ3) is 2.31. The third-order valence-corrected chi connectivity index (χ3v) is 3.79. The minimum absolute atomic E-state index is 0.0462. The van der Waals surface area contributed by atoms with Crippen LogP contribution in [0.4, 0.5) is 8.78 Å². The van der Waals surface area contributed by atoms with Gasteiger partial charge in [0.15, 0.2) is 5.69 Å². The van der Waals surface area contributed by atoms with E-state index in [1.807, 2.05) is 5.38 Å². The lowest BCUT2D eigenvalue weighted by atomic mass is 10.2. The molecular formula is C14H9F2N3OS. The van der Waals surface area contributed by atoms with E-state index in [-0.39, 0.29) is 17.1 Å². The van der Waals surface area contributed by atoms with Crippen molar-refractivity contribution in [1.82, 2.24) is 9.97 Å². The van der Waals surface area contributed by atoms with Gasteiger partial charge >= 0.3 is 0 Å². The first-order chi connectivity index (χ1) is 10.1. The topological polar surface area (TPSA) is 71.8 Å². The predicted molar refractivity (Wildman–Crippen MR) is 75.8 cm³/mol. The fourth-order valence-electron chi connectivity index (χ4n) is 1.99. The lowest BCUT2D eigenvalue weighted by molar-refractivity contribution is 0.0997. The number of nitrogens with zero attached hydrogens (tertiary/aromatic N) is 1. The summed E-state index contributed by atoms with van der Waals surface area (Å²) in [5, 5.41) is 1.81. The summed E-state index contributed by atoms with van der Waals surface area (Å²) >= 11 is 1.36. The first kappa shape index (κ1) is 13.4. The molecule has 0 fully saturated rings. The number of hydrogen-bond acceptors (Lipinski definition) is 3. The second-order valence-electron chi connectivity index (χ2n) is 4.25. The SMILES string of the molecule is NC(=O)c1nc(-c2c(F)cccc2F)[nH]c1-c1cccs1. The van der Waals surface area contributed by atoms with Crippen molar-refractivity contribution in [2.24, 2.45) is 5.73 Å². The zero-order chi connectivity index (χ0) is 15.0. The van der Waals surface area contributed by atoms with E-state index in [1.165, 1.54) is 17.4 Å². The Morgan fingerprint density at radius 1 is 1.19 bits per heavy atom. The molecule has 21 heavy (non-hydrogen) atoms. The molecular weight excluding hydrogens is 296 g/mol. The van der Waals surface area contributed by atoms with Crippen LogP contribution in [0.5, 0.6) is 0 Å². The van der Waals surface area contributed by atoms with Gasteiger partial charge in [-0.2, -0.15) is 0 Å². The van der Waals surface area contributed by atoms with Crippen LogP contribution in [0.25, 0.3) is 22.0 Å². The molecule has 2 heterocycles. The zero-order valence-corrected chi connectivity index (χ0v) is 11.4. The van der Waals surface area contributed by atoms with Crippen molar-refractivity contribution in [2.75, 3.05) is 0 Å². The van der Waals surface area contributed by atoms with Crippen LogP contribution in [-0.4, -0.2) is 15.9 Å². The largest absolute Gasteiger partial charge is 0.364 e. The van der Waals surface area contributed by atoms with Crippen LogP contribution in [0.1, 0.15) is 10.5 Å². The van der Waals surface area contributed by atoms with Crippen LogP contribution in [0.15, 0.2) is 35.7 Å². The smallest absolute Gasteiger partial charge is 0.269 e. The van der Waals surface area contributed by atoms with Crippen LogP contribution >= 0.6 is 11.3 Å². The fraction of sp³-hybridized carbons (Fsp3) is 0. The molecule has 0 saturated carbocycles. The van der Waals surface area contributed by atoms with E-state index in [0.29, 0.717) is 10.6 Å². The molecule has 0 unspecified atom stereocenters. The number of halogens is 2. The number of hydrogen-bond donors (Lipinski definition) is 2. The molecule has 106 valence electrons. The van der Waals surface area contributed by atoms with Crippen molar-refractivity contribution < 1.29 is 13.6 Å². The number of amides is 1. The average molecular weight is 305 g/mol. The summed E-state index contributed by atoms with van der Waals surface area (Å²) in [7, 11) is 0. The number of thiophene rings is 1. The maximum Gasteiger partial charge on any atom is 0.269 e. The highest BCUT2D eigenvalue weighted by atomic mass is 32.1. The molecule has 1 aromatic carbocycles. The Hall–Kier alpha value is -2.54. The Morgan fingerprint density at radius 2 is 1.90 bits per heavy atom. The van der Waals surface area contributed by atoms with E-state index >= 15 is 0 Å². The second-order valence-corrected chi connectivity index (χ2v) is 5.19. The summed E-state index contributed by atoms with van der Waals surface area (Å²) in [4.78, 5) is 18.9. The molecule has 4 nitrogen and oxygen atoms in total. The Bertz CT molecular complexity index is 791. The highest BCUT2D eigenvalue weighted by molar-refractivity contribution is 7.13. The third-order valence-electron chi connectivity index (χ3n) is 2.90. The maximum absolute atomic E-state index is 13.8. The highest BCUT2D eigenvalue weighted by Crippen LogP contribution is 2.31. The van der Waals surface area contributed by atoms with Gasteiger partial charge in [0.05, 0.1) is 16.1 Å². The van der Waals surface area contributed by atoms with Gasteiger partial charge < -0.3 is 10.7 Å². The number of carbonyl (C=O) groups is 1. The van der Waals surface area contributed by atoms with E-state index in [1.54, 1.807) is 12.1 Å². The number of imidazole rings is 1. The summed E-state index contributed by atoms with van der Waals surface area (Å²) in [5.74, 6) is -2.37. The summed E-state index contributed by atoms with van der Waals surface area (Å²) < 4.78 is 27.6. The minimum atomic E-state index is -0.766. The quantitative estimate of drug-likeness (QED) is 0.780. The minimum Gasteiger partial charge on any atom is -0.364 e. The second kappa shape index (κ2) is 5.10. The van der Waals surface area contributed by atoms with Crippen molar-refractivity contribution in [3.63, 3.8) is 0 Å². The Morgan fingerprint density at radius 3 is 2.48 bits per heavy atom. The van der Waals surface area contributed by atoms with E-state index in [0.717, 1.165) is 12.1 Å². The number of rotatable bonds is 3. The number of nitrogens with one attached hydrogen (secondary N) is 1. The summed E-state index contributed by atoms with van der Waals surface area (Å²) in [6.45, 7) is 0. The Kier molecular flexibility index (Phi) is 3.26. The van der Waals surface area contributed by atoms with E-state index < -0.39 is 17.5 Å². The number of aromatic nitrogens is 2. The molecule has 0 bridgehead atoms. The first-order valence-electron chi connectivity index (χ1n) is 5.96. The molecule has 1 amide bonds. The molecule has 0 radical (unpaired) electrons. The van der Waals surface area contributed by atoms with Crippen LogP contribution in [0.3, 0.4) is 0 Å². The predicted octanol–water partition coefficient (Wildman–Crippen LogP) is 3.18. The molecule has 0 saturated heterocycles. The van der Waals surface area contributed by atoms with Gasteiger partial charge in [-0.1, -0.05) is 12.1 Å². The molecule has 3 aromatic rings. The number of H-pyrrole nitrogens is 1. The lowest BCUT2D eigenvalue weighted by Crippen LogP contribution is -2.12. The number of carbonyl (C=O) groups excluding carboxylic acids is 1. The van der Waals surface area contributed by atoms with Crippen LogP contribution in [0, 0.1) is 11.6 Å². The molecule has 0 aliphatic carbocycles. The number of benzene rings is 1. The Balaban J connectivity index is 2.22. The van der Waals surface area contributed by atoms with Gasteiger partial charge in [-0.3, -0.25) is 4.79 Å².